The summed E-state index contributed by atoms with van der Waals surface area (Å²) in [6, 6.07) is 10.9. The fourth-order valence-corrected chi connectivity index (χ4v) is 2.74. The van der Waals surface area contributed by atoms with Gasteiger partial charge in [-0.05, 0) is 49.4 Å². The molecular formula is C19H18N4O4. The summed E-state index contributed by atoms with van der Waals surface area (Å²) >= 11 is 0. The number of carbonyl (C=O) groups is 2. The fraction of sp³-hybridized carbons (Fsp3) is 0.158. The minimum Gasteiger partial charge on any atom is -0.355 e. The largest absolute Gasteiger partial charge is 0.355 e. The topological polar surface area (TPSA) is 113 Å². The summed E-state index contributed by atoms with van der Waals surface area (Å²) in [6.45, 7) is 1.97. The molecule has 2 amide bonds. The normalized spacial score (nSPS) is 10.6. The van der Waals surface area contributed by atoms with Crippen molar-refractivity contribution in [3.63, 3.8) is 0 Å². The number of aromatic nitrogens is 2. The summed E-state index contributed by atoms with van der Waals surface area (Å²) in [7, 11) is 1.54. The molecule has 0 fully saturated rings. The summed E-state index contributed by atoms with van der Waals surface area (Å²) in [4.78, 5) is 50.8. The number of aromatic amines is 1. The van der Waals surface area contributed by atoms with Crippen molar-refractivity contribution >= 4 is 28.4 Å². The third-order valence-corrected chi connectivity index (χ3v) is 4.19. The van der Waals surface area contributed by atoms with Gasteiger partial charge in [-0.2, -0.15) is 0 Å². The molecule has 0 aliphatic carbocycles. The third-order valence-electron chi connectivity index (χ3n) is 4.19. The van der Waals surface area contributed by atoms with E-state index in [1.807, 2.05) is 0 Å². The molecule has 0 aliphatic rings. The lowest BCUT2D eigenvalue weighted by atomic mass is 10.1. The molecule has 27 heavy (non-hydrogen) atoms. The Hall–Kier alpha value is -3.68. The molecule has 0 saturated heterocycles. The van der Waals surface area contributed by atoms with E-state index in [0.717, 1.165) is 4.57 Å². The van der Waals surface area contributed by atoms with E-state index < -0.39 is 17.2 Å². The number of fused-ring (bicyclic) bond motifs is 1. The quantitative estimate of drug-likeness (QED) is 0.646. The van der Waals surface area contributed by atoms with Crippen LogP contribution in [0.15, 0.2) is 52.1 Å². The molecule has 1 heterocycles. The van der Waals surface area contributed by atoms with Crippen molar-refractivity contribution in [2.24, 2.45) is 0 Å². The predicted molar refractivity (Wildman–Crippen MR) is 102 cm³/mol. The lowest BCUT2D eigenvalue weighted by Gasteiger charge is -2.08. The monoisotopic (exact) mass is 366 g/mol. The maximum absolute atomic E-state index is 12.5. The molecule has 0 unspecified atom stereocenters. The van der Waals surface area contributed by atoms with E-state index in [1.54, 1.807) is 31.2 Å². The Labute approximate surface area is 153 Å². The average molecular weight is 366 g/mol. The standard InChI is InChI=1S/C19H18N4O4/c1-3-23-18(26)14-9-6-12(10-15(14)22-19(23)27)17(25)21-13-7-4-11(5-8-13)16(24)20-2/h4-10H,3H2,1-2H3,(H,20,24)(H,21,25)(H,22,27). The number of anilines is 1. The fourth-order valence-electron chi connectivity index (χ4n) is 2.74. The van der Waals surface area contributed by atoms with Gasteiger partial charge in [-0.3, -0.25) is 19.0 Å². The van der Waals surface area contributed by atoms with Crippen molar-refractivity contribution in [1.82, 2.24) is 14.9 Å². The Morgan fingerprint density at radius 3 is 2.30 bits per heavy atom. The highest BCUT2D eigenvalue weighted by Crippen LogP contribution is 2.14. The second kappa shape index (κ2) is 7.28. The number of nitrogens with zero attached hydrogens (tertiary/aromatic N) is 1. The van der Waals surface area contributed by atoms with E-state index in [1.165, 1.54) is 25.2 Å². The molecule has 8 heteroatoms. The molecule has 0 aliphatic heterocycles. The van der Waals surface area contributed by atoms with E-state index >= 15 is 0 Å². The van der Waals surface area contributed by atoms with Crippen LogP contribution in [0.1, 0.15) is 27.6 Å². The molecule has 2 aromatic carbocycles. The van der Waals surface area contributed by atoms with Gasteiger partial charge in [-0.25, -0.2) is 4.79 Å². The number of benzene rings is 2. The van der Waals surface area contributed by atoms with Gasteiger partial charge >= 0.3 is 5.69 Å². The Morgan fingerprint density at radius 2 is 1.67 bits per heavy atom. The summed E-state index contributed by atoms with van der Waals surface area (Å²) in [5.41, 5.74) is 0.679. The number of carbonyl (C=O) groups excluding carboxylic acids is 2. The molecule has 0 spiro atoms. The molecule has 3 aromatic rings. The van der Waals surface area contributed by atoms with Gasteiger partial charge in [0.2, 0.25) is 0 Å². The summed E-state index contributed by atoms with van der Waals surface area (Å²) in [5.74, 6) is -0.616. The van der Waals surface area contributed by atoms with Gasteiger partial charge in [0.05, 0.1) is 10.9 Å². The molecule has 0 saturated carbocycles. The van der Waals surface area contributed by atoms with Gasteiger partial charge in [0.1, 0.15) is 0 Å². The second-order valence-electron chi connectivity index (χ2n) is 5.85. The van der Waals surface area contributed by atoms with Gasteiger partial charge in [0.25, 0.3) is 17.4 Å². The minimum atomic E-state index is -0.516. The van der Waals surface area contributed by atoms with Gasteiger partial charge in [-0.15, -0.1) is 0 Å². The first kappa shape index (κ1) is 18.1. The number of hydrogen-bond acceptors (Lipinski definition) is 4. The number of nitrogens with one attached hydrogen (secondary N) is 3. The van der Waals surface area contributed by atoms with Crippen molar-refractivity contribution < 1.29 is 9.59 Å². The highest BCUT2D eigenvalue weighted by molar-refractivity contribution is 6.06. The number of hydrogen-bond donors (Lipinski definition) is 3. The first-order valence-electron chi connectivity index (χ1n) is 8.35. The Bertz CT molecular complexity index is 1140. The van der Waals surface area contributed by atoms with Crippen LogP contribution in [0.3, 0.4) is 0 Å². The van der Waals surface area contributed by atoms with Crippen LogP contribution in [0.5, 0.6) is 0 Å². The Balaban J connectivity index is 1.89. The van der Waals surface area contributed by atoms with Crippen LogP contribution in [0.25, 0.3) is 10.9 Å². The van der Waals surface area contributed by atoms with Crippen molar-refractivity contribution in [1.29, 1.82) is 0 Å². The SMILES string of the molecule is CCn1c(=O)[nH]c2cc(C(=O)Nc3ccc(C(=O)NC)cc3)ccc2c1=O. The van der Waals surface area contributed by atoms with Crippen LogP contribution in [0.4, 0.5) is 5.69 Å². The van der Waals surface area contributed by atoms with E-state index in [9.17, 15) is 19.2 Å². The smallest absolute Gasteiger partial charge is 0.328 e. The third kappa shape index (κ3) is 3.50. The van der Waals surface area contributed by atoms with Gasteiger partial charge in [0.15, 0.2) is 0 Å². The number of H-pyrrole nitrogens is 1. The van der Waals surface area contributed by atoms with Crippen LogP contribution in [-0.2, 0) is 6.54 Å². The molecule has 3 rings (SSSR count). The molecule has 0 radical (unpaired) electrons. The summed E-state index contributed by atoms with van der Waals surface area (Å²) in [6.07, 6.45) is 0. The number of amides is 2. The van der Waals surface area contributed by atoms with Crippen LogP contribution >= 0.6 is 0 Å². The molecular weight excluding hydrogens is 348 g/mol. The zero-order chi connectivity index (χ0) is 19.6. The van der Waals surface area contributed by atoms with E-state index in [2.05, 4.69) is 15.6 Å². The highest BCUT2D eigenvalue weighted by Gasteiger charge is 2.11. The van der Waals surface area contributed by atoms with Crippen molar-refractivity contribution in [2.45, 2.75) is 13.5 Å². The van der Waals surface area contributed by atoms with Gasteiger partial charge < -0.3 is 15.6 Å². The van der Waals surface area contributed by atoms with E-state index in [0.29, 0.717) is 27.7 Å². The van der Waals surface area contributed by atoms with E-state index in [4.69, 9.17) is 0 Å². The van der Waals surface area contributed by atoms with E-state index in [-0.39, 0.29) is 12.5 Å². The first-order chi connectivity index (χ1) is 12.9. The summed E-state index contributed by atoms with van der Waals surface area (Å²) in [5, 5.41) is 5.57. The molecule has 8 nitrogen and oxygen atoms in total. The van der Waals surface area contributed by atoms with Crippen LogP contribution in [0, 0.1) is 0 Å². The Morgan fingerprint density at radius 1 is 1.00 bits per heavy atom. The number of rotatable bonds is 4. The maximum Gasteiger partial charge on any atom is 0.328 e. The molecule has 3 N–H and O–H groups in total. The lowest BCUT2D eigenvalue weighted by molar-refractivity contribution is 0.0962. The second-order valence-corrected chi connectivity index (χ2v) is 5.85. The van der Waals surface area contributed by atoms with Crippen LogP contribution < -0.4 is 21.9 Å². The lowest BCUT2D eigenvalue weighted by Crippen LogP contribution is -2.34. The summed E-state index contributed by atoms with van der Waals surface area (Å²) < 4.78 is 1.09. The van der Waals surface area contributed by atoms with Crippen molar-refractivity contribution in [2.75, 3.05) is 12.4 Å². The van der Waals surface area contributed by atoms with Gasteiger partial charge in [0, 0.05) is 30.4 Å². The predicted octanol–water partition coefficient (Wildman–Crippen LogP) is 1.32. The molecule has 138 valence electrons. The van der Waals surface area contributed by atoms with Crippen LogP contribution in [-0.4, -0.2) is 28.4 Å². The van der Waals surface area contributed by atoms with Crippen molar-refractivity contribution in [3.05, 3.63) is 74.4 Å². The molecule has 1 aromatic heterocycles. The Kier molecular flexibility index (Phi) is 4.89. The first-order valence-corrected chi connectivity index (χ1v) is 8.35. The van der Waals surface area contributed by atoms with Gasteiger partial charge in [-0.1, -0.05) is 0 Å². The van der Waals surface area contributed by atoms with Crippen molar-refractivity contribution in [3.8, 4) is 0 Å². The molecule has 0 atom stereocenters. The molecule has 0 bridgehead atoms. The minimum absolute atomic E-state index is 0.218. The average Bonchev–Trinajstić information content (AvgIpc) is 2.67. The zero-order valence-corrected chi connectivity index (χ0v) is 14.8. The highest BCUT2D eigenvalue weighted by atomic mass is 16.2. The zero-order valence-electron chi connectivity index (χ0n) is 14.8. The maximum atomic E-state index is 12.5. The van der Waals surface area contributed by atoms with Crippen LogP contribution in [0.2, 0.25) is 0 Å².